The lowest BCUT2D eigenvalue weighted by Crippen LogP contribution is -2.13. The van der Waals surface area contributed by atoms with Crippen LogP contribution in [0.15, 0.2) is 53.4 Å². The Morgan fingerprint density at radius 3 is 2.46 bits per heavy atom. The molecule has 0 bridgehead atoms. The Labute approximate surface area is 141 Å². The van der Waals surface area contributed by atoms with Crippen LogP contribution in [0.3, 0.4) is 0 Å². The molecular weight excluding hydrogens is 330 g/mol. The molecule has 0 radical (unpaired) electrons. The lowest BCUT2D eigenvalue weighted by atomic mass is 10.1. The highest BCUT2D eigenvalue weighted by Gasteiger charge is 2.14. The molecule has 6 nitrogen and oxygen atoms in total. The zero-order valence-corrected chi connectivity index (χ0v) is 14.0. The number of nitrogens with one attached hydrogen (secondary N) is 1. The second kappa shape index (κ2) is 7.94. The van der Waals surface area contributed by atoms with Crippen LogP contribution in [-0.4, -0.2) is 26.6 Å². The number of carbonyl (C=O) groups is 1. The number of hydrogen-bond donors (Lipinski definition) is 2. The molecule has 0 fully saturated rings. The van der Waals surface area contributed by atoms with Gasteiger partial charge in [-0.25, -0.2) is 8.42 Å². The van der Waals surface area contributed by atoms with Crippen LogP contribution in [0.1, 0.15) is 17.5 Å². The van der Waals surface area contributed by atoms with Crippen LogP contribution >= 0.6 is 0 Å². The van der Waals surface area contributed by atoms with Crippen molar-refractivity contribution in [2.45, 2.75) is 24.3 Å². The molecular formula is C17H19NO5S. The normalized spacial score (nSPS) is 11.2. The van der Waals surface area contributed by atoms with Crippen molar-refractivity contribution in [1.82, 2.24) is 0 Å². The van der Waals surface area contributed by atoms with Crippen LogP contribution in [-0.2, 0) is 32.6 Å². The second-order valence-electron chi connectivity index (χ2n) is 5.28. The number of carboxylic acid groups (broad SMARTS) is 1. The average molecular weight is 349 g/mol. The van der Waals surface area contributed by atoms with Gasteiger partial charge >= 0.3 is 5.97 Å². The van der Waals surface area contributed by atoms with E-state index in [0.29, 0.717) is 18.7 Å². The first-order valence-electron chi connectivity index (χ1n) is 7.32. The molecule has 2 aromatic rings. The quantitative estimate of drug-likeness (QED) is 0.764. The number of benzene rings is 2. The highest BCUT2D eigenvalue weighted by Crippen LogP contribution is 2.18. The number of methoxy groups -OCH3 is 1. The summed E-state index contributed by atoms with van der Waals surface area (Å²) in [6.07, 6.45) is 0.374. The van der Waals surface area contributed by atoms with E-state index < -0.39 is 16.0 Å². The lowest BCUT2D eigenvalue weighted by molar-refractivity contribution is -0.136. The summed E-state index contributed by atoms with van der Waals surface area (Å²) in [6.45, 7) is 0.397. The molecule has 0 aromatic heterocycles. The van der Waals surface area contributed by atoms with Gasteiger partial charge in [-0.3, -0.25) is 9.52 Å². The minimum absolute atomic E-state index is 0.0106. The van der Waals surface area contributed by atoms with Crippen molar-refractivity contribution in [3.05, 3.63) is 59.7 Å². The molecule has 0 aliphatic carbocycles. The van der Waals surface area contributed by atoms with E-state index in [2.05, 4.69) is 4.72 Å². The Balaban J connectivity index is 2.12. The van der Waals surface area contributed by atoms with Crippen LogP contribution in [0.4, 0.5) is 5.69 Å². The maximum Gasteiger partial charge on any atom is 0.303 e. The summed E-state index contributed by atoms with van der Waals surface area (Å²) >= 11 is 0. The second-order valence-corrected chi connectivity index (χ2v) is 6.96. The van der Waals surface area contributed by atoms with Gasteiger partial charge in [0.05, 0.1) is 11.5 Å². The van der Waals surface area contributed by atoms with Crippen LogP contribution in [0.5, 0.6) is 0 Å². The number of rotatable bonds is 8. The van der Waals surface area contributed by atoms with Crippen LogP contribution in [0.2, 0.25) is 0 Å². The van der Waals surface area contributed by atoms with Crippen molar-refractivity contribution in [2.24, 2.45) is 0 Å². The average Bonchev–Trinajstić information content (AvgIpc) is 2.53. The van der Waals surface area contributed by atoms with Crippen molar-refractivity contribution < 1.29 is 23.1 Å². The Morgan fingerprint density at radius 2 is 1.83 bits per heavy atom. The molecule has 0 unspecified atom stereocenters. The third kappa shape index (κ3) is 5.07. The minimum Gasteiger partial charge on any atom is -0.481 e. The molecule has 0 spiro atoms. The van der Waals surface area contributed by atoms with E-state index in [9.17, 15) is 13.2 Å². The summed E-state index contributed by atoms with van der Waals surface area (Å²) in [5, 5.41) is 8.67. The summed E-state index contributed by atoms with van der Waals surface area (Å²) in [7, 11) is -2.13. The van der Waals surface area contributed by atoms with Gasteiger partial charge in [-0.2, -0.15) is 0 Å². The molecule has 0 amide bonds. The zero-order valence-electron chi connectivity index (χ0n) is 13.2. The number of aryl methyl sites for hydroxylation is 1. The molecule has 0 heterocycles. The van der Waals surface area contributed by atoms with E-state index in [4.69, 9.17) is 9.84 Å². The summed E-state index contributed by atoms with van der Waals surface area (Å²) in [6, 6.07) is 13.2. The standard InChI is InChI=1S/C17H19NO5S/c1-23-12-14-3-2-4-15(11-14)18-24(21,22)16-8-5-13(6-9-16)7-10-17(19)20/h2-6,8-9,11,18H,7,10,12H2,1H3,(H,19,20). The minimum atomic E-state index is -3.70. The molecule has 0 aliphatic heterocycles. The van der Waals surface area contributed by atoms with Gasteiger partial charge in [-0.1, -0.05) is 24.3 Å². The summed E-state index contributed by atoms with van der Waals surface area (Å²) in [5.74, 6) is -0.885. The number of ether oxygens (including phenoxy) is 1. The van der Waals surface area contributed by atoms with Crippen LogP contribution in [0, 0.1) is 0 Å². The first-order valence-corrected chi connectivity index (χ1v) is 8.80. The fraction of sp³-hybridized carbons (Fsp3) is 0.235. The first kappa shape index (κ1) is 18.0. The number of sulfonamides is 1. The summed E-state index contributed by atoms with van der Waals surface area (Å²) in [4.78, 5) is 10.7. The predicted molar refractivity (Wildman–Crippen MR) is 90.4 cm³/mol. The van der Waals surface area contributed by atoms with Gasteiger partial charge in [-0.05, 0) is 41.8 Å². The number of aliphatic carboxylic acids is 1. The summed E-state index contributed by atoms with van der Waals surface area (Å²) in [5.41, 5.74) is 2.10. The molecule has 7 heteroatoms. The molecule has 2 rings (SSSR count). The van der Waals surface area contributed by atoms with Gasteiger partial charge in [0.1, 0.15) is 0 Å². The van der Waals surface area contributed by atoms with Gasteiger partial charge < -0.3 is 9.84 Å². The van der Waals surface area contributed by atoms with Gasteiger partial charge in [-0.15, -0.1) is 0 Å². The highest BCUT2D eigenvalue weighted by molar-refractivity contribution is 7.92. The third-order valence-corrected chi connectivity index (χ3v) is 4.75. The van der Waals surface area contributed by atoms with Crippen molar-refractivity contribution in [3.63, 3.8) is 0 Å². The van der Waals surface area contributed by atoms with Crippen LogP contribution in [0.25, 0.3) is 0 Å². The maximum absolute atomic E-state index is 12.4. The topological polar surface area (TPSA) is 92.7 Å². The van der Waals surface area contributed by atoms with E-state index in [0.717, 1.165) is 11.1 Å². The Morgan fingerprint density at radius 1 is 1.12 bits per heavy atom. The molecule has 2 aromatic carbocycles. The number of hydrogen-bond acceptors (Lipinski definition) is 4. The van der Waals surface area contributed by atoms with Gasteiger partial charge in [0.15, 0.2) is 0 Å². The smallest absolute Gasteiger partial charge is 0.303 e. The van der Waals surface area contributed by atoms with Gasteiger partial charge in [0, 0.05) is 19.2 Å². The summed E-state index contributed by atoms with van der Waals surface area (Å²) < 4.78 is 32.4. The SMILES string of the molecule is COCc1cccc(NS(=O)(=O)c2ccc(CCC(=O)O)cc2)c1. The van der Waals surface area contributed by atoms with Crippen molar-refractivity contribution >= 4 is 21.7 Å². The maximum atomic E-state index is 12.4. The predicted octanol–water partition coefficient (Wildman–Crippen LogP) is 2.65. The molecule has 24 heavy (non-hydrogen) atoms. The molecule has 128 valence electrons. The lowest BCUT2D eigenvalue weighted by Gasteiger charge is -2.10. The van der Waals surface area contributed by atoms with Crippen molar-refractivity contribution in [3.8, 4) is 0 Å². The fourth-order valence-electron chi connectivity index (χ4n) is 2.19. The highest BCUT2D eigenvalue weighted by atomic mass is 32.2. The van der Waals surface area contributed by atoms with E-state index in [1.54, 1.807) is 37.4 Å². The van der Waals surface area contributed by atoms with Crippen molar-refractivity contribution in [2.75, 3.05) is 11.8 Å². The third-order valence-electron chi connectivity index (χ3n) is 3.35. The number of anilines is 1. The fourth-order valence-corrected chi connectivity index (χ4v) is 3.24. The van der Waals surface area contributed by atoms with Gasteiger partial charge in [0.25, 0.3) is 10.0 Å². The van der Waals surface area contributed by atoms with E-state index in [1.807, 2.05) is 6.07 Å². The van der Waals surface area contributed by atoms with E-state index in [-0.39, 0.29) is 11.3 Å². The van der Waals surface area contributed by atoms with E-state index >= 15 is 0 Å². The van der Waals surface area contributed by atoms with E-state index in [1.165, 1.54) is 12.1 Å². The Kier molecular flexibility index (Phi) is 5.94. The molecule has 0 saturated heterocycles. The van der Waals surface area contributed by atoms with Crippen LogP contribution < -0.4 is 4.72 Å². The molecule has 0 atom stereocenters. The van der Waals surface area contributed by atoms with Gasteiger partial charge in [0.2, 0.25) is 0 Å². The number of carboxylic acids is 1. The first-order chi connectivity index (χ1) is 11.4. The molecule has 0 saturated carbocycles. The van der Waals surface area contributed by atoms with Crippen molar-refractivity contribution in [1.29, 1.82) is 0 Å². The largest absolute Gasteiger partial charge is 0.481 e. The Hall–Kier alpha value is -2.38. The Bertz CT molecular complexity index is 800. The molecule has 0 aliphatic rings. The zero-order chi connectivity index (χ0) is 17.6. The molecule has 2 N–H and O–H groups in total. The monoisotopic (exact) mass is 349 g/mol.